The molecule has 2 aliphatic rings. The Bertz CT molecular complexity index is 495. The third kappa shape index (κ3) is 3.36. The fourth-order valence-electron chi connectivity index (χ4n) is 2.05. The van der Waals surface area contributed by atoms with Gasteiger partial charge in [-0.25, -0.2) is 5.43 Å². The van der Waals surface area contributed by atoms with Gasteiger partial charge in [-0.3, -0.25) is 15.0 Å². The van der Waals surface area contributed by atoms with Crippen molar-refractivity contribution in [1.29, 1.82) is 0 Å². The van der Waals surface area contributed by atoms with Gasteiger partial charge in [-0.2, -0.15) is 0 Å². The van der Waals surface area contributed by atoms with Gasteiger partial charge in [0.1, 0.15) is 6.04 Å². The van der Waals surface area contributed by atoms with Crippen molar-refractivity contribution in [2.75, 3.05) is 0 Å². The smallest absolute Gasteiger partial charge is 0.243 e. The highest BCUT2D eigenvalue weighted by Crippen LogP contribution is 2.28. The van der Waals surface area contributed by atoms with Crippen LogP contribution in [0.1, 0.15) is 37.3 Å². The third-order valence-electron chi connectivity index (χ3n) is 3.61. The van der Waals surface area contributed by atoms with E-state index in [1.54, 1.807) is 0 Å². The van der Waals surface area contributed by atoms with Gasteiger partial charge in [-0.15, -0.1) is 0 Å². The summed E-state index contributed by atoms with van der Waals surface area (Å²) in [6.45, 7) is 0. The highest BCUT2D eigenvalue weighted by molar-refractivity contribution is 5.85. The summed E-state index contributed by atoms with van der Waals surface area (Å²) in [6, 6.07) is 9.20. The van der Waals surface area contributed by atoms with Crippen LogP contribution in [0.5, 0.6) is 0 Å². The minimum Gasteiger partial charge on any atom is -0.352 e. The molecular weight excluding hydrogens is 254 g/mol. The van der Waals surface area contributed by atoms with Gasteiger partial charge in [0.05, 0.1) is 0 Å². The van der Waals surface area contributed by atoms with E-state index < -0.39 is 6.04 Å². The van der Waals surface area contributed by atoms with E-state index in [2.05, 4.69) is 16.2 Å². The van der Waals surface area contributed by atoms with Gasteiger partial charge in [0, 0.05) is 12.0 Å². The summed E-state index contributed by atoms with van der Waals surface area (Å²) >= 11 is 0. The summed E-state index contributed by atoms with van der Waals surface area (Å²) in [5.74, 6) is 0.00497. The van der Waals surface area contributed by atoms with Crippen molar-refractivity contribution in [3.63, 3.8) is 0 Å². The molecule has 5 nitrogen and oxygen atoms in total. The molecule has 20 heavy (non-hydrogen) atoms. The zero-order valence-corrected chi connectivity index (χ0v) is 11.3. The van der Waals surface area contributed by atoms with Crippen molar-refractivity contribution in [3.8, 4) is 0 Å². The lowest BCUT2D eigenvalue weighted by Gasteiger charge is -2.19. The number of rotatable bonds is 6. The monoisotopic (exact) mass is 273 g/mol. The van der Waals surface area contributed by atoms with Crippen LogP contribution in [0, 0.1) is 5.92 Å². The number of hydrazine groups is 1. The Morgan fingerprint density at radius 2 is 1.75 bits per heavy atom. The molecule has 3 N–H and O–H groups in total. The summed E-state index contributed by atoms with van der Waals surface area (Å²) in [5.41, 5.74) is 6.40. The van der Waals surface area contributed by atoms with Gasteiger partial charge in [-0.1, -0.05) is 30.3 Å². The Balaban J connectivity index is 1.65. The second-order valence-corrected chi connectivity index (χ2v) is 5.53. The largest absolute Gasteiger partial charge is 0.352 e. The first-order valence-corrected chi connectivity index (χ1v) is 7.15. The van der Waals surface area contributed by atoms with E-state index in [1.807, 2.05) is 30.3 Å². The third-order valence-corrected chi connectivity index (χ3v) is 3.61. The first-order valence-electron chi connectivity index (χ1n) is 7.15. The molecule has 0 spiro atoms. The minimum atomic E-state index is -0.542. The van der Waals surface area contributed by atoms with Crippen molar-refractivity contribution in [2.45, 2.75) is 37.8 Å². The van der Waals surface area contributed by atoms with Gasteiger partial charge in [0.25, 0.3) is 0 Å². The van der Waals surface area contributed by atoms with E-state index in [0.717, 1.165) is 31.2 Å². The van der Waals surface area contributed by atoms with Crippen molar-refractivity contribution in [3.05, 3.63) is 35.9 Å². The predicted octanol–water partition coefficient (Wildman–Crippen LogP) is 1.04. The van der Waals surface area contributed by atoms with E-state index in [9.17, 15) is 9.59 Å². The van der Waals surface area contributed by atoms with Crippen LogP contribution < -0.4 is 16.2 Å². The maximum atomic E-state index is 12.3. The molecule has 0 aromatic heterocycles. The van der Waals surface area contributed by atoms with E-state index in [4.69, 9.17) is 0 Å². The lowest BCUT2D eigenvalue weighted by atomic mass is 10.1. The first-order chi connectivity index (χ1) is 9.74. The van der Waals surface area contributed by atoms with E-state index >= 15 is 0 Å². The number of carbonyl (C=O) groups is 2. The fraction of sp³-hybridized carbons (Fsp3) is 0.467. The number of hydrogen-bond acceptors (Lipinski definition) is 3. The van der Waals surface area contributed by atoms with Crippen LogP contribution in [-0.4, -0.2) is 17.9 Å². The van der Waals surface area contributed by atoms with Crippen LogP contribution in [-0.2, 0) is 9.59 Å². The summed E-state index contributed by atoms with van der Waals surface area (Å²) in [7, 11) is 0. The van der Waals surface area contributed by atoms with Crippen LogP contribution in [0.25, 0.3) is 0 Å². The predicted molar refractivity (Wildman–Crippen MR) is 74.4 cm³/mol. The molecule has 0 aliphatic heterocycles. The molecule has 106 valence electrons. The number of carbonyl (C=O) groups excluding carboxylic acids is 2. The number of hydrogen-bond donors (Lipinski definition) is 3. The molecular formula is C15H19N3O2. The van der Waals surface area contributed by atoms with Crippen LogP contribution in [0.2, 0.25) is 0 Å². The topological polar surface area (TPSA) is 70.2 Å². The number of nitrogens with one attached hydrogen (secondary N) is 3. The molecule has 1 aromatic rings. The van der Waals surface area contributed by atoms with Gasteiger partial charge < -0.3 is 5.32 Å². The molecule has 3 rings (SSSR count). The molecule has 1 aromatic carbocycles. The molecule has 0 unspecified atom stereocenters. The SMILES string of the molecule is O=C(NN[C@@H](C(=O)NC1CC1)c1ccccc1)C1CC1. The summed E-state index contributed by atoms with van der Waals surface area (Å²) in [5, 5.41) is 2.97. The van der Waals surface area contributed by atoms with E-state index in [0.29, 0.717) is 6.04 Å². The molecule has 2 saturated carbocycles. The van der Waals surface area contributed by atoms with E-state index in [-0.39, 0.29) is 17.7 Å². The van der Waals surface area contributed by atoms with Crippen LogP contribution in [0.4, 0.5) is 0 Å². The van der Waals surface area contributed by atoms with E-state index in [1.165, 1.54) is 0 Å². The zero-order chi connectivity index (χ0) is 13.9. The van der Waals surface area contributed by atoms with Crippen molar-refractivity contribution in [2.24, 2.45) is 5.92 Å². The molecule has 0 bridgehead atoms. The van der Waals surface area contributed by atoms with Crippen molar-refractivity contribution in [1.82, 2.24) is 16.2 Å². The second-order valence-electron chi connectivity index (χ2n) is 5.53. The average Bonchev–Trinajstić information content (AvgIpc) is 3.33. The Hall–Kier alpha value is -1.88. The van der Waals surface area contributed by atoms with Crippen molar-refractivity contribution >= 4 is 11.8 Å². The number of benzene rings is 1. The Morgan fingerprint density at radius 3 is 2.35 bits per heavy atom. The average molecular weight is 273 g/mol. The first kappa shape index (κ1) is 13.1. The molecule has 0 saturated heterocycles. The minimum absolute atomic E-state index is 0.0230. The second kappa shape index (κ2) is 5.63. The lowest BCUT2D eigenvalue weighted by molar-refractivity contribution is -0.126. The molecule has 2 aliphatic carbocycles. The van der Waals surface area contributed by atoms with Crippen molar-refractivity contribution < 1.29 is 9.59 Å². The van der Waals surface area contributed by atoms with Crippen LogP contribution in [0.3, 0.4) is 0 Å². The Kier molecular flexibility index (Phi) is 3.69. The quantitative estimate of drug-likeness (QED) is 0.678. The molecule has 0 radical (unpaired) electrons. The fourth-order valence-corrected chi connectivity index (χ4v) is 2.05. The zero-order valence-electron chi connectivity index (χ0n) is 11.3. The van der Waals surface area contributed by atoms with Gasteiger partial charge >= 0.3 is 0 Å². The van der Waals surface area contributed by atoms with Gasteiger partial charge in [-0.05, 0) is 31.2 Å². The normalized spacial score (nSPS) is 19.2. The lowest BCUT2D eigenvalue weighted by Crippen LogP contribution is -2.47. The molecule has 2 amide bonds. The maximum absolute atomic E-state index is 12.3. The van der Waals surface area contributed by atoms with Crippen LogP contribution in [0.15, 0.2) is 30.3 Å². The molecule has 5 heteroatoms. The highest BCUT2D eigenvalue weighted by atomic mass is 16.2. The molecule has 0 heterocycles. The summed E-state index contributed by atoms with van der Waals surface area (Å²) in [4.78, 5) is 24.0. The standard InChI is InChI=1S/C15H19N3O2/c19-14(11-6-7-11)18-17-13(10-4-2-1-3-5-10)15(20)16-12-8-9-12/h1-5,11-13,17H,6-9H2,(H,16,20)(H,18,19)/t13-/m1/s1. The molecule has 2 fully saturated rings. The number of amides is 2. The Morgan fingerprint density at radius 1 is 1.05 bits per heavy atom. The maximum Gasteiger partial charge on any atom is 0.243 e. The van der Waals surface area contributed by atoms with Crippen LogP contribution >= 0.6 is 0 Å². The summed E-state index contributed by atoms with van der Waals surface area (Å²) in [6.07, 6.45) is 3.97. The van der Waals surface area contributed by atoms with Gasteiger partial charge in [0.15, 0.2) is 0 Å². The highest BCUT2D eigenvalue weighted by Gasteiger charge is 2.32. The van der Waals surface area contributed by atoms with Gasteiger partial charge in [0.2, 0.25) is 11.8 Å². The Labute approximate surface area is 118 Å². The summed E-state index contributed by atoms with van der Waals surface area (Å²) < 4.78 is 0. The molecule has 1 atom stereocenters.